The van der Waals surface area contributed by atoms with Crippen LogP contribution in [0.25, 0.3) is 0 Å². The van der Waals surface area contributed by atoms with Crippen LogP contribution < -0.4 is 15.4 Å². The SMILES string of the molecule is CCc1c(Cl)cccc1C1Cc2nc(OC)nc(N3CCCN=C(/C(Cl)=C(\N)SC)C3)c2CO1. The van der Waals surface area contributed by atoms with Gasteiger partial charge in [-0.3, -0.25) is 4.99 Å². The van der Waals surface area contributed by atoms with Crippen LogP contribution in [-0.2, 0) is 24.2 Å². The highest BCUT2D eigenvalue weighted by atomic mass is 35.5. The van der Waals surface area contributed by atoms with Gasteiger partial charge in [-0.1, -0.05) is 42.3 Å². The van der Waals surface area contributed by atoms with Gasteiger partial charge in [-0.2, -0.15) is 9.97 Å². The number of aliphatic imine (C=N–C) groups is 1. The first-order valence-corrected chi connectivity index (χ1v) is 13.2. The molecule has 0 radical (unpaired) electrons. The van der Waals surface area contributed by atoms with Crippen molar-refractivity contribution >= 4 is 46.5 Å². The Balaban J connectivity index is 1.69. The second-order valence-electron chi connectivity index (χ2n) is 8.11. The van der Waals surface area contributed by atoms with Gasteiger partial charge in [-0.05, 0) is 36.3 Å². The van der Waals surface area contributed by atoms with Crippen molar-refractivity contribution in [2.75, 3.05) is 37.9 Å². The molecule has 34 heavy (non-hydrogen) atoms. The summed E-state index contributed by atoms with van der Waals surface area (Å²) in [6.07, 6.45) is 4.09. The molecule has 0 fully saturated rings. The van der Waals surface area contributed by atoms with E-state index in [1.807, 2.05) is 18.4 Å². The fourth-order valence-corrected chi connectivity index (χ4v) is 5.33. The van der Waals surface area contributed by atoms with Crippen LogP contribution in [0, 0.1) is 0 Å². The first-order chi connectivity index (χ1) is 16.5. The van der Waals surface area contributed by atoms with Crippen molar-refractivity contribution in [2.45, 2.75) is 38.9 Å². The van der Waals surface area contributed by atoms with Crippen LogP contribution in [0.2, 0.25) is 5.02 Å². The second kappa shape index (κ2) is 11.2. The van der Waals surface area contributed by atoms with E-state index in [1.54, 1.807) is 7.11 Å². The lowest BCUT2D eigenvalue weighted by Crippen LogP contribution is -2.33. The lowest BCUT2D eigenvalue weighted by atomic mass is 9.94. The monoisotopic (exact) mass is 521 g/mol. The zero-order valence-corrected chi connectivity index (χ0v) is 21.9. The first-order valence-electron chi connectivity index (χ1n) is 11.3. The lowest BCUT2D eigenvalue weighted by molar-refractivity contribution is 0.0252. The van der Waals surface area contributed by atoms with Crippen LogP contribution >= 0.6 is 35.0 Å². The Morgan fingerprint density at radius 1 is 1.35 bits per heavy atom. The van der Waals surface area contributed by atoms with Gasteiger partial charge in [0.1, 0.15) is 5.82 Å². The molecule has 2 aromatic rings. The molecule has 0 aliphatic carbocycles. The quantitative estimate of drug-likeness (QED) is 0.578. The molecule has 0 saturated heterocycles. The first kappa shape index (κ1) is 25.1. The number of hydrogen-bond donors (Lipinski definition) is 1. The Morgan fingerprint density at radius 2 is 2.18 bits per heavy atom. The number of thioether (sulfide) groups is 1. The van der Waals surface area contributed by atoms with E-state index in [-0.39, 0.29) is 6.10 Å². The maximum atomic E-state index is 6.55. The molecule has 1 atom stereocenters. The molecule has 182 valence electrons. The molecule has 2 aliphatic heterocycles. The van der Waals surface area contributed by atoms with E-state index in [1.165, 1.54) is 11.8 Å². The normalized spacial score (nSPS) is 19.1. The number of rotatable bonds is 6. The predicted molar refractivity (Wildman–Crippen MR) is 140 cm³/mol. The van der Waals surface area contributed by atoms with E-state index in [9.17, 15) is 0 Å². The smallest absolute Gasteiger partial charge is 0.318 e. The Morgan fingerprint density at radius 3 is 2.91 bits per heavy atom. The van der Waals surface area contributed by atoms with Crippen molar-refractivity contribution in [3.63, 3.8) is 0 Å². The van der Waals surface area contributed by atoms with Crippen molar-refractivity contribution in [3.05, 3.63) is 55.7 Å². The summed E-state index contributed by atoms with van der Waals surface area (Å²) in [4.78, 5) is 16.3. The molecule has 0 amide bonds. The lowest BCUT2D eigenvalue weighted by Gasteiger charge is -2.31. The van der Waals surface area contributed by atoms with Crippen molar-refractivity contribution in [1.29, 1.82) is 0 Å². The summed E-state index contributed by atoms with van der Waals surface area (Å²) in [5.41, 5.74) is 11.0. The molecule has 10 heteroatoms. The average Bonchev–Trinajstić information content (AvgIpc) is 3.12. The fourth-order valence-electron chi connectivity index (χ4n) is 4.37. The largest absolute Gasteiger partial charge is 0.467 e. The molecular formula is C24H29Cl2N5O2S. The average molecular weight is 523 g/mol. The molecule has 4 rings (SSSR count). The Hall–Kier alpha value is -2.00. The van der Waals surface area contributed by atoms with E-state index >= 15 is 0 Å². The third-order valence-electron chi connectivity index (χ3n) is 6.11. The van der Waals surface area contributed by atoms with E-state index < -0.39 is 0 Å². The molecular weight excluding hydrogens is 493 g/mol. The highest BCUT2D eigenvalue weighted by Crippen LogP contribution is 2.38. The summed E-state index contributed by atoms with van der Waals surface area (Å²) < 4.78 is 11.8. The molecule has 2 aliphatic rings. The van der Waals surface area contributed by atoms with Crippen LogP contribution in [0.1, 0.15) is 41.8 Å². The second-order valence-corrected chi connectivity index (χ2v) is 9.74. The number of nitrogens with two attached hydrogens (primary N) is 1. The van der Waals surface area contributed by atoms with Gasteiger partial charge >= 0.3 is 6.01 Å². The van der Waals surface area contributed by atoms with Gasteiger partial charge in [0.25, 0.3) is 0 Å². The van der Waals surface area contributed by atoms with E-state index in [2.05, 4.69) is 22.9 Å². The molecule has 7 nitrogen and oxygen atoms in total. The highest BCUT2D eigenvalue weighted by molar-refractivity contribution is 8.02. The minimum atomic E-state index is -0.131. The van der Waals surface area contributed by atoms with E-state index in [4.69, 9.17) is 48.4 Å². The number of halogens is 2. The molecule has 1 aromatic heterocycles. The van der Waals surface area contributed by atoms with Gasteiger partial charge in [0, 0.05) is 30.1 Å². The minimum Gasteiger partial charge on any atom is -0.467 e. The maximum absolute atomic E-state index is 6.55. The highest BCUT2D eigenvalue weighted by Gasteiger charge is 2.30. The summed E-state index contributed by atoms with van der Waals surface area (Å²) in [5, 5.41) is 1.82. The van der Waals surface area contributed by atoms with Crippen molar-refractivity contribution < 1.29 is 9.47 Å². The molecule has 0 bridgehead atoms. The maximum Gasteiger partial charge on any atom is 0.318 e. The molecule has 1 aromatic carbocycles. The van der Waals surface area contributed by atoms with Gasteiger partial charge in [-0.15, -0.1) is 11.8 Å². The molecule has 3 heterocycles. The van der Waals surface area contributed by atoms with Gasteiger partial charge < -0.3 is 20.1 Å². The van der Waals surface area contributed by atoms with Crippen LogP contribution in [0.15, 0.2) is 33.3 Å². The zero-order valence-electron chi connectivity index (χ0n) is 19.6. The summed E-state index contributed by atoms with van der Waals surface area (Å²) in [5.74, 6) is 0.795. The zero-order chi connectivity index (χ0) is 24.2. The molecule has 0 saturated carbocycles. The topological polar surface area (TPSA) is 85.9 Å². The van der Waals surface area contributed by atoms with Gasteiger partial charge in [0.15, 0.2) is 0 Å². The number of hydrogen-bond acceptors (Lipinski definition) is 8. The van der Waals surface area contributed by atoms with Gasteiger partial charge in [-0.25, -0.2) is 0 Å². The number of nitrogens with zero attached hydrogens (tertiary/aromatic N) is 4. The number of fused-ring (bicyclic) bond motifs is 1. The van der Waals surface area contributed by atoms with Crippen LogP contribution in [0.4, 0.5) is 5.82 Å². The van der Waals surface area contributed by atoms with E-state index in [0.29, 0.717) is 42.2 Å². The summed E-state index contributed by atoms with van der Waals surface area (Å²) >= 11 is 14.4. The summed E-state index contributed by atoms with van der Waals surface area (Å²) in [6.45, 7) is 4.47. The van der Waals surface area contributed by atoms with Crippen LogP contribution in [-0.4, -0.2) is 48.7 Å². The Labute approximate surface area is 214 Å². The summed E-state index contributed by atoms with van der Waals surface area (Å²) in [7, 11) is 1.59. The number of benzene rings is 1. The number of methoxy groups -OCH3 is 1. The third kappa shape index (κ3) is 5.15. The Kier molecular flexibility index (Phi) is 8.24. The summed E-state index contributed by atoms with van der Waals surface area (Å²) in [6, 6.07) is 6.31. The fraction of sp³-hybridized carbons (Fsp3) is 0.458. The predicted octanol–water partition coefficient (Wildman–Crippen LogP) is 4.90. The van der Waals surface area contributed by atoms with Crippen LogP contribution in [0.5, 0.6) is 6.01 Å². The minimum absolute atomic E-state index is 0.131. The van der Waals surface area contributed by atoms with E-state index in [0.717, 1.165) is 58.3 Å². The van der Waals surface area contributed by atoms with Crippen molar-refractivity contribution in [1.82, 2.24) is 9.97 Å². The number of anilines is 1. The van der Waals surface area contributed by atoms with Crippen molar-refractivity contribution in [3.8, 4) is 6.01 Å². The van der Waals surface area contributed by atoms with Gasteiger partial charge in [0.05, 0.1) is 47.8 Å². The van der Waals surface area contributed by atoms with Crippen LogP contribution in [0.3, 0.4) is 0 Å². The Bertz CT molecular complexity index is 1120. The molecule has 1 unspecified atom stereocenters. The van der Waals surface area contributed by atoms with Crippen molar-refractivity contribution in [2.24, 2.45) is 10.7 Å². The molecule has 2 N–H and O–H groups in total. The number of ether oxygens (including phenoxy) is 2. The standard InChI is InChI=1S/C24H29Cl2N5O2S/c1-4-14-15(7-5-8-17(14)25)20-11-18-16(13-33-20)23(30-24(29-18)32-2)31-10-6-9-28-19(12-31)21(26)22(27)34-3/h5,7-8,20H,4,6,9-13,27H2,1-3H3/b22-21-. The van der Waals surface area contributed by atoms with Gasteiger partial charge in [0.2, 0.25) is 0 Å². The molecule has 0 spiro atoms. The third-order valence-corrected chi connectivity index (χ3v) is 7.65. The number of aromatic nitrogens is 2.